The molecule has 6 bridgehead atoms. The van der Waals surface area contributed by atoms with E-state index in [0.29, 0.717) is 110 Å². The van der Waals surface area contributed by atoms with Crippen LogP contribution in [0.4, 0.5) is 0 Å². The number of fused-ring (bicyclic) bond motifs is 9. The van der Waals surface area contributed by atoms with Gasteiger partial charge in [-0.2, -0.15) is 0 Å². The third-order valence-corrected chi connectivity index (χ3v) is 28.2. The van der Waals surface area contributed by atoms with Gasteiger partial charge in [0.05, 0.1) is 47.3 Å². The van der Waals surface area contributed by atoms with Crippen molar-refractivity contribution >= 4 is 81.2 Å². The maximum Gasteiger partial charge on any atom is 1.00 e. The van der Waals surface area contributed by atoms with Crippen molar-refractivity contribution in [3.8, 4) is 0 Å². The molecule has 630 valence electrons. The van der Waals surface area contributed by atoms with Crippen molar-refractivity contribution in [2.75, 3.05) is 33.9 Å². The maximum absolute atomic E-state index is 14.1. The van der Waals surface area contributed by atoms with Gasteiger partial charge in [0.25, 0.3) is 28.5 Å². The average Bonchev–Trinajstić information content (AvgIpc) is 1.73. The molecule has 2 amide bonds. The quantitative estimate of drug-likeness (QED) is 0.0757. The Morgan fingerprint density at radius 2 is 0.675 bits per heavy atom. The zero-order valence-corrected chi connectivity index (χ0v) is 71.8. The molecule has 6 aromatic rings. The van der Waals surface area contributed by atoms with E-state index in [9.17, 15) is 53.4 Å². The van der Waals surface area contributed by atoms with E-state index in [4.69, 9.17) is 4.74 Å². The number of aromatic nitrogens is 6. The number of carbonyl (C=O) groups excluding carboxylic acids is 4. The van der Waals surface area contributed by atoms with Gasteiger partial charge in [-0.1, -0.05) is 133 Å². The number of para-hydroxylation sites is 6. The number of methoxy groups -OCH3 is 2. The van der Waals surface area contributed by atoms with Crippen molar-refractivity contribution in [3.05, 3.63) is 121 Å². The summed E-state index contributed by atoms with van der Waals surface area (Å²) >= 11 is 0. The molecule has 12 heterocycles. The SMILES string of the molecule is COC(=O)C1CCCN1.COC(=O)C1CCCN1C(=O)c1nc2ccccc2n(C2C[C@H]3CC[C@@H](C2)N3C2CCCCCCC2)c1=O.Cl.O=C(O)C1CCCN1C(=O)c1nc2ccccc2n(C2C[C@H]3CC[C@@H](C2)N3C2CCCCCCC2)c1=O.O=C(O)c1nc2ccccc2n(C2C[C@H]3CC[C@@H](C2)N3C2CCCCCCC2)c1=O.[Na+].[OH-]. The summed E-state index contributed by atoms with van der Waals surface area (Å²) < 4.78 is 14.9. The smallest absolute Gasteiger partial charge is 0.870 e. The van der Waals surface area contributed by atoms with Crippen LogP contribution in [0.5, 0.6) is 0 Å². The number of ether oxygens (including phenoxy) is 2. The van der Waals surface area contributed by atoms with E-state index in [2.05, 4.69) is 39.7 Å². The van der Waals surface area contributed by atoms with E-state index in [1.54, 1.807) is 10.6 Å². The van der Waals surface area contributed by atoms with Crippen LogP contribution >= 0.6 is 12.4 Å². The van der Waals surface area contributed by atoms with Gasteiger partial charge in [-0.25, -0.2) is 29.3 Å². The fourth-order valence-electron chi connectivity index (χ4n) is 23.1. The number of aromatic carboxylic acids is 1. The summed E-state index contributed by atoms with van der Waals surface area (Å²) in [6.45, 7) is 1.71. The molecule has 0 radical (unpaired) electrons. The van der Waals surface area contributed by atoms with Gasteiger partial charge in [0.1, 0.15) is 18.1 Å². The number of carboxylic acid groups (broad SMARTS) is 2. The number of piperidine rings is 3. The molecule has 12 atom stereocenters. The molecule has 3 aromatic heterocycles. The van der Waals surface area contributed by atoms with Crippen LogP contribution in [0.25, 0.3) is 33.1 Å². The Labute approximate surface area is 714 Å². The number of rotatable bonds is 12. The molecule has 3 aliphatic carbocycles. The van der Waals surface area contributed by atoms with Crippen LogP contribution in [-0.2, 0) is 23.9 Å². The van der Waals surface area contributed by atoms with Crippen molar-refractivity contribution in [1.29, 1.82) is 0 Å². The molecule has 6 unspecified atom stereocenters. The number of carbonyl (C=O) groups is 6. The summed E-state index contributed by atoms with van der Waals surface area (Å²) in [6, 6.07) is 26.1. The first-order chi connectivity index (χ1) is 55.6. The van der Waals surface area contributed by atoms with Gasteiger partial charge in [-0.3, -0.25) is 43.5 Å². The van der Waals surface area contributed by atoms with Crippen molar-refractivity contribution in [2.45, 2.75) is 341 Å². The third kappa shape index (κ3) is 19.3. The number of halogens is 1. The van der Waals surface area contributed by atoms with Crippen molar-refractivity contribution in [3.63, 3.8) is 0 Å². The molecule has 12 fully saturated rings. The Bertz CT molecular complexity index is 4590. The van der Waals surface area contributed by atoms with E-state index >= 15 is 0 Å². The maximum atomic E-state index is 14.1. The van der Waals surface area contributed by atoms with Gasteiger partial charge in [0.2, 0.25) is 5.69 Å². The molecule has 28 heteroatoms. The number of aliphatic carboxylic acids is 1. The topological polar surface area (TPSA) is 324 Å². The molecule has 0 spiro atoms. The number of hydrogen-bond acceptors (Lipinski definition) is 19. The molecule has 18 rings (SSSR count). The van der Waals surface area contributed by atoms with Crippen LogP contribution < -0.4 is 51.6 Å². The molecule has 3 saturated carbocycles. The van der Waals surface area contributed by atoms with Gasteiger partial charge in [0, 0.05) is 85.6 Å². The summed E-state index contributed by atoms with van der Waals surface area (Å²) in [5.41, 5.74) is 2.46. The van der Waals surface area contributed by atoms with Crippen LogP contribution in [-0.4, -0.2) is 211 Å². The van der Waals surface area contributed by atoms with Crippen LogP contribution in [0, 0.1) is 0 Å². The minimum Gasteiger partial charge on any atom is -0.870 e. The second kappa shape index (κ2) is 41.0. The molecular weight excluding hydrogens is 1520 g/mol. The first-order valence-electron chi connectivity index (χ1n) is 43.9. The number of likely N-dealkylation sites (tertiary alicyclic amines) is 2. The summed E-state index contributed by atoms with van der Waals surface area (Å²) in [5, 5.41) is 22.2. The van der Waals surface area contributed by atoms with Gasteiger partial charge >= 0.3 is 53.4 Å². The molecule has 26 nitrogen and oxygen atoms in total. The van der Waals surface area contributed by atoms with Crippen LogP contribution in [0.2, 0.25) is 0 Å². The van der Waals surface area contributed by atoms with E-state index < -0.39 is 47.4 Å². The Balaban J connectivity index is 0.000000152. The van der Waals surface area contributed by atoms with Crippen LogP contribution in [0.3, 0.4) is 0 Å². The van der Waals surface area contributed by atoms with Crippen molar-refractivity contribution in [2.24, 2.45) is 0 Å². The van der Waals surface area contributed by atoms with E-state index in [1.165, 1.54) is 197 Å². The van der Waals surface area contributed by atoms with Gasteiger partial charge in [-0.15, -0.1) is 12.4 Å². The average molecular weight is 1640 g/mol. The summed E-state index contributed by atoms with van der Waals surface area (Å²) in [5.74, 6) is -3.84. The predicted octanol–water partition coefficient (Wildman–Crippen LogP) is 10.4. The van der Waals surface area contributed by atoms with Crippen LogP contribution in [0.15, 0.2) is 87.2 Å². The fourth-order valence-corrected chi connectivity index (χ4v) is 23.1. The predicted molar refractivity (Wildman–Crippen MR) is 444 cm³/mol. The number of benzene rings is 3. The van der Waals surface area contributed by atoms with Crippen molar-refractivity contribution in [1.82, 2.24) is 58.5 Å². The molecular formula is C89H122ClN12NaO14. The molecule has 3 aromatic carbocycles. The zero-order chi connectivity index (χ0) is 79.1. The number of amides is 2. The number of nitrogens with zero attached hydrogens (tertiary/aromatic N) is 11. The summed E-state index contributed by atoms with van der Waals surface area (Å²) in [4.78, 5) is 139. The number of nitrogens with one attached hydrogen (secondary N) is 1. The Morgan fingerprint density at radius 1 is 0.368 bits per heavy atom. The monoisotopic (exact) mass is 1640 g/mol. The number of hydrogen-bond donors (Lipinski definition) is 3. The first-order valence-corrected chi connectivity index (χ1v) is 43.9. The number of carboxylic acids is 2. The van der Waals surface area contributed by atoms with Gasteiger partial charge in [0.15, 0.2) is 11.4 Å². The second-order valence-electron chi connectivity index (χ2n) is 34.9. The normalized spacial score (nSPS) is 27.9. The molecule has 117 heavy (non-hydrogen) atoms. The number of esters is 2. The molecule has 9 saturated heterocycles. The minimum absolute atomic E-state index is 0. The third-order valence-electron chi connectivity index (χ3n) is 28.2. The van der Waals surface area contributed by atoms with E-state index in [-0.39, 0.29) is 106 Å². The molecule has 12 aliphatic rings. The van der Waals surface area contributed by atoms with E-state index in [0.717, 1.165) is 74.5 Å². The van der Waals surface area contributed by atoms with Gasteiger partial charge < -0.3 is 54.0 Å². The minimum atomic E-state index is -1.24. The fraction of sp³-hybridized carbons (Fsp3) is 0.663. The van der Waals surface area contributed by atoms with Crippen molar-refractivity contribution < 1.29 is 83.5 Å². The first kappa shape index (κ1) is 89.3. The zero-order valence-electron chi connectivity index (χ0n) is 68.9. The second-order valence-corrected chi connectivity index (χ2v) is 34.9. The molecule has 9 aliphatic heterocycles. The molecule has 4 N–H and O–H groups in total. The Kier molecular flexibility index (Phi) is 31.3. The Hall–Kier alpha value is -7.01. The summed E-state index contributed by atoms with van der Waals surface area (Å²) in [7, 11) is 2.75. The largest absolute Gasteiger partial charge is 1.00 e. The van der Waals surface area contributed by atoms with Crippen LogP contribution in [0.1, 0.15) is 300 Å². The standard InChI is InChI=1S/C30H40N4O4.C29H38N4O4.C24H31N3O3.C6H11NO2.ClH.Na.H2O/c1-38-30(37)26-14-9-17-32(26)28(35)27-29(36)34(25-13-8-7-12-24(25)31-27)23-18-21-15-16-22(19-23)33(21)20-10-5-3-2-4-6-11-20;34-27(31-16-8-13-25(31)29(36)37)26-28(35)33(24-12-7-6-11-23(24)30-26)22-17-20-14-15-21(18-22)32(20)19-9-4-2-1-3-5-10-19;28-23-22(24(29)30)25-20-10-6-7-11-21(20)27(23)19-14-17-12-13-18(15-19)26(17)16-8-4-2-1-3-5-9-16;1-9-6(8)5-3-2-4-7-5;;;/h7-8,12-13,20-23,26H,2-6,9-11,14-19H2,1H3;6-7,11-12,19-22,25H,1-5,8-10,13-18H2,(H,36,37);6-7,10-11,16-19H,1-5,8-9,12-15H2,(H,29,30);5,7H,2-4H2,1H3;1H;;1H2/q;;;;;+1;/p-1/t21-,22+,23?,26?;20-,21+,22?,25?;17-,18+,19?;;;;. The summed E-state index contributed by atoms with van der Waals surface area (Å²) in [6.07, 6.45) is 44.9. The van der Waals surface area contributed by atoms with E-state index in [1.807, 2.05) is 75.9 Å². The van der Waals surface area contributed by atoms with Gasteiger partial charge in [-0.05, 0) is 197 Å². The Morgan fingerprint density at radius 3 is 0.991 bits per heavy atom.